The zero-order chi connectivity index (χ0) is 15.6. The van der Waals surface area contributed by atoms with Gasteiger partial charge in [-0.3, -0.25) is 9.59 Å². The maximum atomic E-state index is 13.1. The minimum absolute atomic E-state index is 0.0214. The quantitative estimate of drug-likeness (QED) is 0.739. The highest BCUT2D eigenvalue weighted by molar-refractivity contribution is 6.20. The molecule has 21 heavy (non-hydrogen) atoms. The Balaban J connectivity index is 2.13. The van der Waals surface area contributed by atoms with Gasteiger partial charge in [-0.25, -0.2) is 4.90 Å². The van der Waals surface area contributed by atoms with Crippen molar-refractivity contribution in [1.29, 1.82) is 0 Å². The molecule has 0 radical (unpaired) electrons. The second kappa shape index (κ2) is 4.19. The van der Waals surface area contributed by atoms with Crippen LogP contribution in [0.15, 0.2) is 18.2 Å². The van der Waals surface area contributed by atoms with Crippen molar-refractivity contribution in [3.05, 3.63) is 29.3 Å². The average Bonchev–Trinajstić information content (AvgIpc) is 2.57. The maximum absolute atomic E-state index is 13.1. The Bertz CT molecular complexity index is 647. The molecule has 112 valence electrons. The molecular weight excluding hydrogens is 262 g/mol. The molecule has 0 spiro atoms. The summed E-state index contributed by atoms with van der Waals surface area (Å²) in [6, 6.07) is 5.90. The molecule has 2 atom stereocenters. The molecule has 1 heterocycles. The lowest BCUT2D eigenvalue weighted by Gasteiger charge is -2.47. The molecule has 1 aliphatic carbocycles. The Labute approximate surface area is 126 Å². The molecule has 1 saturated heterocycles. The van der Waals surface area contributed by atoms with Crippen LogP contribution in [0.3, 0.4) is 0 Å². The number of aryl methyl sites for hydroxylation is 2. The molecule has 2 aliphatic rings. The van der Waals surface area contributed by atoms with Gasteiger partial charge in [0.25, 0.3) is 0 Å². The first-order chi connectivity index (χ1) is 9.70. The van der Waals surface area contributed by atoms with E-state index in [0.29, 0.717) is 0 Å². The van der Waals surface area contributed by atoms with E-state index >= 15 is 0 Å². The molecule has 3 rings (SSSR count). The smallest absolute Gasteiger partial charge is 0.240 e. The van der Waals surface area contributed by atoms with E-state index in [4.69, 9.17) is 0 Å². The number of fused-ring (bicyclic) bond motifs is 2. The number of nitrogens with zero attached hydrogens (tertiary/aromatic N) is 1. The number of hydrogen-bond donors (Lipinski definition) is 0. The summed E-state index contributed by atoms with van der Waals surface area (Å²) in [6.45, 7) is 10.1. The first kappa shape index (κ1) is 14.3. The molecule has 1 saturated carbocycles. The lowest BCUT2D eigenvalue weighted by atomic mass is 9.62. The lowest BCUT2D eigenvalue weighted by Crippen LogP contribution is -2.59. The second-order valence-electron chi connectivity index (χ2n) is 7.41. The summed E-state index contributed by atoms with van der Waals surface area (Å²) >= 11 is 0. The van der Waals surface area contributed by atoms with Gasteiger partial charge in [-0.1, -0.05) is 38.5 Å². The van der Waals surface area contributed by atoms with E-state index in [9.17, 15) is 9.59 Å². The highest BCUT2D eigenvalue weighted by atomic mass is 16.2. The van der Waals surface area contributed by atoms with Crippen LogP contribution in [-0.2, 0) is 9.59 Å². The van der Waals surface area contributed by atoms with E-state index in [2.05, 4.69) is 13.8 Å². The van der Waals surface area contributed by atoms with Crippen LogP contribution in [0.1, 0.15) is 44.7 Å². The first-order valence-electron chi connectivity index (χ1n) is 7.66. The van der Waals surface area contributed by atoms with Crippen LogP contribution in [0.4, 0.5) is 5.69 Å². The summed E-state index contributed by atoms with van der Waals surface area (Å²) in [6.07, 6.45) is 1.62. The average molecular weight is 285 g/mol. The van der Waals surface area contributed by atoms with E-state index < -0.39 is 5.41 Å². The van der Waals surface area contributed by atoms with Crippen molar-refractivity contribution in [1.82, 2.24) is 0 Å². The van der Waals surface area contributed by atoms with E-state index in [1.165, 1.54) is 4.90 Å². The van der Waals surface area contributed by atoms with Crippen LogP contribution in [0.5, 0.6) is 0 Å². The number of carbonyl (C=O) groups is 2. The zero-order valence-corrected chi connectivity index (χ0v) is 13.5. The fourth-order valence-electron chi connectivity index (χ4n) is 4.10. The van der Waals surface area contributed by atoms with Crippen LogP contribution in [-0.4, -0.2) is 11.8 Å². The van der Waals surface area contributed by atoms with Gasteiger partial charge in [-0.2, -0.15) is 0 Å². The monoisotopic (exact) mass is 285 g/mol. The molecule has 3 heteroatoms. The number of piperidine rings is 1. The standard InChI is InChI=1S/C18H23NO2/c1-11-6-7-14(12(2)10-11)19-15(20)13-8-9-18(5,16(19)21)17(13,3)4/h6-7,10,13H,8-9H2,1-5H3/t13-,18-/m1/s1. The van der Waals surface area contributed by atoms with E-state index in [1.54, 1.807) is 0 Å². The van der Waals surface area contributed by atoms with Crippen molar-refractivity contribution in [3.63, 3.8) is 0 Å². The highest BCUT2D eigenvalue weighted by Crippen LogP contribution is 2.60. The van der Waals surface area contributed by atoms with Gasteiger partial charge in [0.15, 0.2) is 0 Å². The van der Waals surface area contributed by atoms with Gasteiger partial charge in [-0.05, 0) is 43.7 Å². The zero-order valence-electron chi connectivity index (χ0n) is 13.5. The largest absolute Gasteiger partial charge is 0.274 e. The number of amides is 2. The van der Waals surface area contributed by atoms with Crippen LogP contribution < -0.4 is 4.90 Å². The molecule has 2 bridgehead atoms. The minimum Gasteiger partial charge on any atom is -0.274 e. The Morgan fingerprint density at radius 1 is 1.14 bits per heavy atom. The van der Waals surface area contributed by atoms with E-state index in [-0.39, 0.29) is 23.1 Å². The maximum Gasteiger partial charge on any atom is 0.240 e. The predicted molar refractivity (Wildman–Crippen MR) is 83.0 cm³/mol. The topological polar surface area (TPSA) is 37.4 Å². The third-order valence-corrected chi connectivity index (χ3v) is 6.01. The number of carbonyl (C=O) groups excluding carboxylic acids is 2. The predicted octanol–water partition coefficient (Wildman–Crippen LogP) is 3.62. The lowest BCUT2D eigenvalue weighted by molar-refractivity contribution is -0.146. The molecule has 1 aromatic carbocycles. The van der Waals surface area contributed by atoms with Gasteiger partial charge in [0.1, 0.15) is 0 Å². The van der Waals surface area contributed by atoms with Crippen molar-refractivity contribution in [2.45, 2.75) is 47.5 Å². The second-order valence-corrected chi connectivity index (χ2v) is 7.41. The van der Waals surface area contributed by atoms with Gasteiger partial charge >= 0.3 is 0 Å². The van der Waals surface area contributed by atoms with Gasteiger partial charge in [0, 0.05) is 5.92 Å². The fourth-order valence-corrected chi connectivity index (χ4v) is 4.10. The highest BCUT2D eigenvalue weighted by Gasteiger charge is 2.64. The molecule has 0 unspecified atom stereocenters. The molecule has 2 amide bonds. The molecule has 0 aromatic heterocycles. The van der Waals surface area contributed by atoms with Crippen molar-refractivity contribution in [3.8, 4) is 0 Å². The molecule has 1 aromatic rings. The summed E-state index contributed by atoms with van der Waals surface area (Å²) in [5, 5.41) is 0. The summed E-state index contributed by atoms with van der Waals surface area (Å²) in [7, 11) is 0. The molecule has 3 nitrogen and oxygen atoms in total. The third-order valence-electron chi connectivity index (χ3n) is 6.01. The summed E-state index contributed by atoms with van der Waals surface area (Å²) in [5.74, 6) is -0.106. The fraction of sp³-hybridized carbons (Fsp3) is 0.556. The number of benzene rings is 1. The number of imide groups is 1. The van der Waals surface area contributed by atoms with Crippen LogP contribution in [0.25, 0.3) is 0 Å². The van der Waals surface area contributed by atoms with Crippen molar-refractivity contribution >= 4 is 17.5 Å². The SMILES string of the molecule is Cc1ccc(N2C(=O)[C@H]3CC[C@](C)(C2=O)C3(C)C)c(C)c1. The van der Waals surface area contributed by atoms with Gasteiger partial charge in [0.2, 0.25) is 11.8 Å². The Morgan fingerprint density at radius 3 is 2.43 bits per heavy atom. The van der Waals surface area contributed by atoms with Crippen molar-refractivity contribution in [2.24, 2.45) is 16.7 Å². The van der Waals surface area contributed by atoms with E-state index in [0.717, 1.165) is 29.7 Å². The molecule has 0 N–H and O–H groups in total. The van der Waals surface area contributed by atoms with Crippen molar-refractivity contribution in [2.75, 3.05) is 4.90 Å². The summed E-state index contributed by atoms with van der Waals surface area (Å²) in [5.41, 5.74) is 2.19. The van der Waals surface area contributed by atoms with Crippen molar-refractivity contribution < 1.29 is 9.59 Å². The Hall–Kier alpha value is -1.64. The van der Waals surface area contributed by atoms with Gasteiger partial charge < -0.3 is 0 Å². The normalized spacial score (nSPS) is 30.9. The Morgan fingerprint density at radius 2 is 1.81 bits per heavy atom. The summed E-state index contributed by atoms with van der Waals surface area (Å²) in [4.78, 5) is 27.4. The summed E-state index contributed by atoms with van der Waals surface area (Å²) < 4.78 is 0. The molecule has 2 fully saturated rings. The number of anilines is 1. The number of hydrogen-bond acceptors (Lipinski definition) is 2. The Kier molecular flexibility index (Phi) is 2.85. The van der Waals surface area contributed by atoms with Crippen LogP contribution >= 0.6 is 0 Å². The third kappa shape index (κ3) is 1.66. The van der Waals surface area contributed by atoms with E-state index in [1.807, 2.05) is 39.0 Å². The van der Waals surface area contributed by atoms with Gasteiger partial charge in [0.05, 0.1) is 11.1 Å². The molecule has 1 aliphatic heterocycles. The van der Waals surface area contributed by atoms with Crippen LogP contribution in [0.2, 0.25) is 0 Å². The van der Waals surface area contributed by atoms with Crippen LogP contribution in [0, 0.1) is 30.6 Å². The first-order valence-corrected chi connectivity index (χ1v) is 7.66. The molecular formula is C18H23NO2. The number of rotatable bonds is 1. The minimum atomic E-state index is -0.442. The van der Waals surface area contributed by atoms with Gasteiger partial charge in [-0.15, -0.1) is 0 Å².